The molecule has 4 heterocycles. The lowest BCUT2D eigenvalue weighted by atomic mass is 10.1. The minimum atomic E-state index is -4.57. The topological polar surface area (TPSA) is 106 Å². The SMILES string of the molecule is Cn1c(C(=O)N2CCN(C3CCOCC3)CC2)cc2cc(Oc3ccc(NS(=O)(=O)c4ccc(C(F)(F)F)cc4)cn3)ccc21. The zero-order valence-corrected chi connectivity index (χ0v) is 25.3. The highest BCUT2D eigenvalue weighted by atomic mass is 32.2. The zero-order valence-electron chi connectivity index (χ0n) is 24.5. The van der Waals surface area contributed by atoms with Crippen molar-refractivity contribution in [2.75, 3.05) is 44.1 Å². The van der Waals surface area contributed by atoms with Crippen molar-refractivity contribution >= 4 is 32.5 Å². The van der Waals surface area contributed by atoms with Crippen molar-refractivity contribution in [2.24, 2.45) is 7.05 Å². The van der Waals surface area contributed by atoms with Gasteiger partial charge in [-0.05, 0) is 67.4 Å². The quantitative estimate of drug-likeness (QED) is 0.298. The lowest BCUT2D eigenvalue weighted by Crippen LogP contribution is -2.53. The second-order valence-electron chi connectivity index (χ2n) is 11.1. The van der Waals surface area contributed by atoms with Crippen molar-refractivity contribution in [3.8, 4) is 11.6 Å². The van der Waals surface area contributed by atoms with Crippen molar-refractivity contribution in [3.05, 3.63) is 78.1 Å². The van der Waals surface area contributed by atoms with Crippen molar-refractivity contribution in [2.45, 2.75) is 30.0 Å². The predicted octanol–water partition coefficient (Wildman–Crippen LogP) is 5.12. The van der Waals surface area contributed by atoms with Gasteiger partial charge in [-0.1, -0.05) is 0 Å². The fourth-order valence-electron chi connectivity index (χ4n) is 5.76. The summed E-state index contributed by atoms with van der Waals surface area (Å²) in [5.41, 5.74) is 0.621. The van der Waals surface area contributed by atoms with E-state index in [0.717, 1.165) is 62.2 Å². The van der Waals surface area contributed by atoms with E-state index in [1.807, 2.05) is 28.6 Å². The van der Waals surface area contributed by atoms with Crippen LogP contribution in [0.4, 0.5) is 18.9 Å². The van der Waals surface area contributed by atoms with Crippen LogP contribution in [0.15, 0.2) is 71.8 Å². The molecule has 6 rings (SSSR count). The van der Waals surface area contributed by atoms with Crippen LogP contribution in [-0.4, -0.2) is 79.1 Å². The Bertz CT molecular complexity index is 1780. The molecule has 0 saturated carbocycles. The maximum Gasteiger partial charge on any atom is 0.416 e. The van der Waals surface area contributed by atoms with E-state index in [4.69, 9.17) is 9.47 Å². The third-order valence-electron chi connectivity index (χ3n) is 8.24. The van der Waals surface area contributed by atoms with Crippen LogP contribution in [-0.2, 0) is 28.0 Å². The van der Waals surface area contributed by atoms with Crippen LogP contribution in [0.1, 0.15) is 28.9 Å². The number of ether oxygens (including phenoxy) is 2. The minimum absolute atomic E-state index is 0.0150. The van der Waals surface area contributed by atoms with Crippen LogP contribution in [0, 0.1) is 0 Å². The van der Waals surface area contributed by atoms with Crippen LogP contribution in [0.5, 0.6) is 11.6 Å². The Morgan fingerprint density at radius 2 is 1.69 bits per heavy atom. The molecule has 1 N–H and O–H groups in total. The fraction of sp³-hybridized carbons (Fsp3) is 0.355. The van der Waals surface area contributed by atoms with E-state index >= 15 is 0 Å². The summed E-state index contributed by atoms with van der Waals surface area (Å²) in [6.07, 6.45) is -1.25. The molecule has 0 spiro atoms. The third-order valence-corrected chi connectivity index (χ3v) is 9.64. The first kappa shape index (κ1) is 30.9. The van der Waals surface area contributed by atoms with Gasteiger partial charge in [0.15, 0.2) is 0 Å². The average molecular weight is 644 g/mol. The third kappa shape index (κ3) is 6.77. The molecule has 2 aromatic heterocycles. The molecule has 0 atom stereocenters. The van der Waals surface area contributed by atoms with Gasteiger partial charge in [0.2, 0.25) is 5.88 Å². The number of hydrogen-bond acceptors (Lipinski definition) is 7. The molecule has 45 heavy (non-hydrogen) atoms. The molecule has 1 amide bonds. The standard InChI is InChI=1S/C31H32F3N5O5S/c1-37-27-8-5-25(18-21(27)19-28(37)30(40)39-14-12-38(13-15-39)24-10-16-43-17-11-24)44-29-9-4-23(20-35-29)36-45(41,42)26-6-2-22(3-7-26)31(32,33)34/h2-9,18-20,24,36H,10-17H2,1H3. The molecule has 14 heteroatoms. The number of carbonyl (C=O) groups excluding carboxylic acids is 1. The van der Waals surface area contributed by atoms with E-state index in [0.29, 0.717) is 42.7 Å². The number of hydrogen-bond donors (Lipinski definition) is 1. The maximum absolute atomic E-state index is 13.5. The highest BCUT2D eigenvalue weighted by molar-refractivity contribution is 7.92. The molecule has 2 aliphatic heterocycles. The number of aryl methyl sites for hydroxylation is 1. The Hall–Kier alpha value is -4.14. The Kier molecular flexibility index (Phi) is 8.46. The Labute approximate surface area is 258 Å². The summed E-state index contributed by atoms with van der Waals surface area (Å²) in [5.74, 6) is 0.656. The number of nitrogens with one attached hydrogen (secondary N) is 1. The van der Waals surface area contributed by atoms with E-state index < -0.39 is 21.8 Å². The van der Waals surface area contributed by atoms with Gasteiger partial charge in [0, 0.05) is 69.5 Å². The molecule has 0 aliphatic carbocycles. The molecule has 0 unspecified atom stereocenters. The summed E-state index contributed by atoms with van der Waals surface area (Å²) in [6, 6.07) is 13.9. The number of alkyl halides is 3. The summed E-state index contributed by atoms with van der Waals surface area (Å²) in [6.45, 7) is 4.63. The number of anilines is 1. The normalized spacial score (nSPS) is 17.0. The number of pyridine rings is 1. The van der Waals surface area contributed by atoms with E-state index in [1.54, 1.807) is 12.1 Å². The van der Waals surface area contributed by atoms with Crippen LogP contribution in [0.3, 0.4) is 0 Å². The van der Waals surface area contributed by atoms with Crippen molar-refractivity contribution in [1.82, 2.24) is 19.4 Å². The first-order valence-corrected chi connectivity index (χ1v) is 16.0. The summed E-state index contributed by atoms with van der Waals surface area (Å²) in [5, 5.41) is 0.820. The molecule has 0 radical (unpaired) electrons. The number of fused-ring (bicyclic) bond motifs is 1. The van der Waals surface area contributed by atoms with E-state index in [9.17, 15) is 26.4 Å². The van der Waals surface area contributed by atoms with Gasteiger partial charge in [-0.15, -0.1) is 0 Å². The Balaban J connectivity index is 1.09. The van der Waals surface area contributed by atoms with Crippen molar-refractivity contribution < 1.29 is 35.9 Å². The van der Waals surface area contributed by atoms with Crippen molar-refractivity contribution in [1.29, 1.82) is 0 Å². The minimum Gasteiger partial charge on any atom is -0.439 e. The molecule has 4 aromatic rings. The molecular formula is C31H32F3N5O5S. The number of carbonyl (C=O) groups is 1. The first-order chi connectivity index (χ1) is 21.5. The van der Waals surface area contributed by atoms with Gasteiger partial charge in [-0.3, -0.25) is 14.4 Å². The molecule has 238 valence electrons. The Morgan fingerprint density at radius 1 is 0.978 bits per heavy atom. The van der Waals surface area contributed by atoms with Gasteiger partial charge in [0.05, 0.1) is 22.3 Å². The fourth-order valence-corrected chi connectivity index (χ4v) is 6.80. The number of nitrogens with zero attached hydrogens (tertiary/aromatic N) is 4. The number of amides is 1. The number of halogens is 3. The molecule has 2 aliphatic rings. The van der Waals surface area contributed by atoms with Gasteiger partial charge in [0.25, 0.3) is 15.9 Å². The molecular weight excluding hydrogens is 611 g/mol. The highest BCUT2D eigenvalue weighted by Crippen LogP contribution is 2.31. The molecule has 2 saturated heterocycles. The molecule has 2 fully saturated rings. The summed E-state index contributed by atoms with van der Waals surface area (Å²) < 4.78 is 79.2. The largest absolute Gasteiger partial charge is 0.439 e. The second kappa shape index (κ2) is 12.3. The molecule has 2 aromatic carbocycles. The maximum atomic E-state index is 13.5. The predicted molar refractivity (Wildman–Crippen MR) is 161 cm³/mol. The summed E-state index contributed by atoms with van der Waals surface area (Å²) in [7, 11) is -2.27. The van der Waals surface area contributed by atoms with E-state index in [2.05, 4.69) is 14.6 Å². The highest BCUT2D eigenvalue weighted by Gasteiger charge is 2.31. The van der Waals surface area contributed by atoms with Gasteiger partial charge in [-0.25, -0.2) is 13.4 Å². The number of piperazine rings is 1. The van der Waals surface area contributed by atoms with Crippen molar-refractivity contribution in [3.63, 3.8) is 0 Å². The van der Waals surface area contributed by atoms with Crippen LogP contribution >= 0.6 is 0 Å². The van der Waals surface area contributed by atoms with E-state index in [-0.39, 0.29) is 22.4 Å². The average Bonchev–Trinajstić information content (AvgIpc) is 3.37. The van der Waals surface area contributed by atoms with Crippen LogP contribution in [0.25, 0.3) is 10.9 Å². The number of aromatic nitrogens is 2. The number of sulfonamides is 1. The van der Waals surface area contributed by atoms with Gasteiger partial charge in [0.1, 0.15) is 11.4 Å². The molecule has 0 bridgehead atoms. The number of benzene rings is 2. The van der Waals surface area contributed by atoms with Gasteiger partial charge < -0.3 is 18.9 Å². The molecule has 10 nitrogen and oxygen atoms in total. The van der Waals surface area contributed by atoms with Crippen LogP contribution in [0.2, 0.25) is 0 Å². The first-order valence-electron chi connectivity index (χ1n) is 14.5. The van der Waals surface area contributed by atoms with Gasteiger partial charge >= 0.3 is 6.18 Å². The Morgan fingerprint density at radius 3 is 2.33 bits per heavy atom. The lowest BCUT2D eigenvalue weighted by molar-refractivity contribution is -0.137. The zero-order chi connectivity index (χ0) is 31.8. The number of rotatable bonds is 7. The monoisotopic (exact) mass is 643 g/mol. The summed E-state index contributed by atoms with van der Waals surface area (Å²) >= 11 is 0. The van der Waals surface area contributed by atoms with Gasteiger partial charge in [-0.2, -0.15) is 13.2 Å². The summed E-state index contributed by atoms with van der Waals surface area (Å²) in [4.78, 5) is 21.7. The van der Waals surface area contributed by atoms with E-state index in [1.165, 1.54) is 18.3 Å². The lowest BCUT2D eigenvalue weighted by Gasteiger charge is -2.40. The smallest absolute Gasteiger partial charge is 0.416 e. The second-order valence-corrected chi connectivity index (χ2v) is 12.8. The van der Waals surface area contributed by atoms with Crippen LogP contribution < -0.4 is 9.46 Å².